The Hall–Kier alpha value is 0.627. The molecule has 2 aliphatic carbocycles. The molecule has 3 rings (SSSR count). The fourth-order valence-corrected chi connectivity index (χ4v) is 17.0. The molecule has 0 N–H and O–H groups in total. The topological polar surface area (TPSA) is 0 Å². The minimum absolute atomic E-state index is 0. The van der Waals surface area contributed by atoms with E-state index >= 15 is 0 Å². The van der Waals surface area contributed by atoms with Crippen molar-refractivity contribution in [1.82, 2.24) is 0 Å². The molecule has 0 spiro atoms. The third-order valence-corrected chi connectivity index (χ3v) is 19.2. The van der Waals surface area contributed by atoms with Gasteiger partial charge in [0.25, 0.3) is 0 Å². The Bertz CT molecular complexity index is 619. The number of halogens is 2. The fraction of sp³-hybridized carbons (Fsp3) is 0.579. The molecule has 4 heteroatoms. The van der Waals surface area contributed by atoms with Gasteiger partial charge in [-0.25, -0.2) is 0 Å². The standard InChI is InChI=1S/C10H15.C9H13Si.2ClH.Hf/c1-7-6-10(4,5)9(3)8(7)2;1-10(7-4-8-10)9-5-2-3-6-9;;;/h1-5H3;2,5H,3-4,7-8H2,1H3;2*1H;/q;;;;+2/p-2. The van der Waals surface area contributed by atoms with Gasteiger partial charge in [0.05, 0.1) is 0 Å². The maximum Gasteiger partial charge on any atom is -1.00 e. The Balaban J connectivity index is 0.00000132. The van der Waals surface area contributed by atoms with Crippen LogP contribution >= 0.6 is 0 Å². The summed E-state index contributed by atoms with van der Waals surface area (Å²) in [6.45, 7) is 14.7. The van der Waals surface area contributed by atoms with Crippen molar-refractivity contribution in [3.63, 3.8) is 0 Å². The molecule has 0 bridgehead atoms. The first kappa shape index (κ1) is 21.7. The molecule has 126 valence electrons. The van der Waals surface area contributed by atoms with Gasteiger partial charge in [0.1, 0.15) is 0 Å². The quantitative estimate of drug-likeness (QED) is 0.447. The number of rotatable bonds is 3. The van der Waals surface area contributed by atoms with Gasteiger partial charge in [0.2, 0.25) is 0 Å². The zero-order chi connectivity index (χ0) is 15.4. The Labute approximate surface area is 167 Å². The van der Waals surface area contributed by atoms with Crippen molar-refractivity contribution in [2.75, 3.05) is 0 Å². The van der Waals surface area contributed by atoms with Crippen LogP contribution in [0.4, 0.5) is 0 Å². The minimum atomic E-state index is -0.996. The van der Waals surface area contributed by atoms with Crippen LogP contribution in [0.25, 0.3) is 0 Å². The molecule has 0 radical (unpaired) electrons. The third-order valence-electron chi connectivity index (χ3n) is 6.38. The smallest absolute Gasteiger partial charge is 1.00 e. The third kappa shape index (κ3) is 3.48. The number of allylic oxidation sites excluding steroid dienone is 8. The van der Waals surface area contributed by atoms with Gasteiger partial charge in [-0.15, -0.1) is 0 Å². The van der Waals surface area contributed by atoms with Crippen LogP contribution in [0, 0.1) is 5.41 Å². The monoisotopic (exact) mass is 534 g/mol. The van der Waals surface area contributed by atoms with Crippen molar-refractivity contribution in [2.45, 2.75) is 66.1 Å². The van der Waals surface area contributed by atoms with Crippen LogP contribution in [-0.4, -0.2) is 8.07 Å². The molecule has 1 aliphatic heterocycles. The van der Waals surface area contributed by atoms with E-state index in [0.29, 0.717) is 5.41 Å². The van der Waals surface area contributed by atoms with Gasteiger partial charge in [0, 0.05) is 0 Å². The van der Waals surface area contributed by atoms with Crippen molar-refractivity contribution in [3.8, 4) is 0 Å². The molecule has 0 nitrogen and oxygen atoms in total. The van der Waals surface area contributed by atoms with Gasteiger partial charge in [-0.1, -0.05) is 0 Å². The second-order valence-electron chi connectivity index (χ2n) is 7.91. The molecule has 0 aromatic rings. The van der Waals surface area contributed by atoms with E-state index in [1.165, 1.54) is 12.8 Å². The van der Waals surface area contributed by atoms with E-state index < -0.39 is 31.0 Å². The summed E-state index contributed by atoms with van der Waals surface area (Å²) in [5.74, 6) is 0. The molecule has 1 saturated heterocycles. The molecule has 3 aliphatic rings. The number of hydrogen-bond acceptors (Lipinski definition) is 0. The maximum atomic E-state index is 2.64. The van der Waals surface area contributed by atoms with E-state index in [-0.39, 0.29) is 24.8 Å². The van der Waals surface area contributed by atoms with Crippen LogP contribution in [0.1, 0.15) is 47.5 Å². The first-order valence-electron chi connectivity index (χ1n) is 8.34. The van der Waals surface area contributed by atoms with Crippen molar-refractivity contribution in [2.24, 2.45) is 5.41 Å². The van der Waals surface area contributed by atoms with Gasteiger partial charge in [-0.2, -0.15) is 0 Å². The van der Waals surface area contributed by atoms with Crippen molar-refractivity contribution in [3.05, 3.63) is 40.7 Å². The van der Waals surface area contributed by atoms with Crippen LogP contribution in [0.15, 0.2) is 40.7 Å². The molecular weight excluding hydrogens is 506 g/mol. The van der Waals surface area contributed by atoms with Crippen molar-refractivity contribution < 1.29 is 47.7 Å². The molecule has 1 heterocycles. The average molecular weight is 534 g/mol. The van der Waals surface area contributed by atoms with Crippen LogP contribution in [0.5, 0.6) is 0 Å². The van der Waals surface area contributed by atoms with E-state index in [4.69, 9.17) is 0 Å². The van der Waals surface area contributed by atoms with E-state index in [1.54, 1.807) is 28.8 Å². The second kappa shape index (κ2) is 7.48. The van der Waals surface area contributed by atoms with Gasteiger partial charge in [-0.05, 0) is 0 Å². The predicted octanol–water partition coefficient (Wildman–Crippen LogP) is -0.0374. The molecule has 1 fully saturated rings. The molecule has 0 saturated carbocycles. The summed E-state index contributed by atoms with van der Waals surface area (Å²) in [5, 5.41) is 1.90. The summed E-state index contributed by atoms with van der Waals surface area (Å²) in [6, 6.07) is 3.11. The van der Waals surface area contributed by atoms with E-state index in [2.05, 4.69) is 53.3 Å². The predicted molar refractivity (Wildman–Crippen MR) is 91.5 cm³/mol. The molecule has 0 aromatic carbocycles. The first-order chi connectivity index (χ1) is 9.77. The van der Waals surface area contributed by atoms with Gasteiger partial charge in [0.15, 0.2) is 0 Å². The molecule has 0 aromatic heterocycles. The van der Waals surface area contributed by atoms with E-state index in [9.17, 15) is 0 Å². The van der Waals surface area contributed by atoms with Gasteiger partial charge in [-0.3, -0.25) is 0 Å². The fourth-order valence-electron chi connectivity index (χ4n) is 4.16. The molecular formula is C19H28Cl2HfSi. The van der Waals surface area contributed by atoms with Crippen LogP contribution < -0.4 is 24.8 Å². The maximum absolute atomic E-state index is 2.64. The largest absolute Gasteiger partial charge is 1.00 e. The Kier molecular flexibility index (Phi) is 7.04. The summed E-state index contributed by atoms with van der Waals surface area (Å²) in [4.78, 5) is 0. The molecule has 23 heavy (non-hydrogen) atoms. The molecule has 0 unspecified atom stereocenters. The average Bonchev–Trinajstić information content (AvgIpc) is 2.92. The molecule has 0 atom stereocenters. The second-order valence-corrected chi connectivity index (χ2v) is 17.4. The SMILES string of the molecule is CC1=C(C)C(C)(C)[C]([Hf+2][C]2=C([Si]3(C)CCC3)C=CC2)=C1C.[Cl-].[Cl-]. The zero-order valence-corrected chi connectivity index (χ0v) is 21.3. The van der Waals surface area contributed by atoms with E-state index in [0.717, 1.165) is 0 Å². The van der Waals surface area contributed by atoms with Gasteiger partial charge < -0.3 is 24.8 Å². The Morgan fingerprint density at radius 2 is 1.65 bits per heavy atom. The summed E-state index contributed by atoms with van der Waals surface area (Å²) < 4.78 is 3.83. The van der Waals surface area contributed by atoms with Crippen LogP contribution in [0.2, 0.25) is 18.6 Å². The minimum Gasteiger partial charge on any atom is -1.00 e. The summed E-state index contributed by atoms with van der Waals surface area (Å²) in [6.07, 6.45) is 7.80. The Morgan fingerprint density at radius 3 is 2.09 bits per heavy atom. The normalized spacial score (nSPS) is 24.3. The number of hydrogen-bond donors (Lipinski definition) is 0. The van der Waals surface area contributed by atoms with E-state index in [1.807, 2.05) is 11.9 Å². The summed E-state index contributed by atoms with van der Waals surface area (Å²) >= 11 is -0.858. The summed E-state index contributed by atoms with van der Waals surface area (Å²) in [5.41, 5.74) is 5.21. The van der Waals surface area contributed by atoms with Crippen LogP contribution in [-0.2, 0) is 22.9 Å². The van der Waals surface area contributed by atoms with Gasteiger partial charge >= 0.3 is 143 Å². The zero-order valence-electron chi connectivity index (χ0n) is 15.2. The Morgan fingerprint density at radius 1 is 1.04 bits per heavy atom. The van der Waals surface area contributed by atoms with Crippen LogP contribution in [0.3, 0.4) is 0 Å². The first-order valence-corrected chi connectivity index (χ1v) is 14.8. The van der Waals surface area contributed by atoms with Crippen molar-refractivity contribution >= 4 is 8.07 Å². The molecule has 0 amide bonds. The van der Waals surface area contributed by atoms with Crippen molar-refractivity contribution in [1.29, 1.82) is 0 Å². The summed E-state index contributed by atoms with van der Waals surface area (Å²) in [7, 11) is -0.996.